The highest BCUT2D eigenvalue weighted by atomic mass is 15.2. The zero-order valence-corrected chi connectivity index (χ0v) is 11.5. The van der Waals surface area contributed by atoms with Crippen molar-refractivity contribution in [3.8, 4) is 22.4 Å². The molecule has 2 aromatic carbocycles. The lowest BCUT2D eigenvalue weighted by molar-refractivity contribution is 0.967. The van der Waals surface area contributed by atoms with E-state index < -0.39 is 0 Å². The third-order valence-corrected chi connectivity index (χ3v) is 3.64. The topological polar surface area (TPSA) is 17.3 Å². The molecule has 0 radical (unpaired) electrons. The fraction of sp³-hybridized carbons (Fsp3) is 0. The Kier molecular flexibility index (Phi) is 2.79. The molecule has 0 N–H and O–H groups in total. The third kappa shape index (κ3) is 2.21. The van der Waals surface area contributed by atoms with Crippen LogP contribution in [0.25, 0.3) is 27.9 Å². The molecule has 0 aliphatic carbocycles. The van der Waals surface area contributed by atoms with Crippen molar-refractivity contribution in [1.29, 1.82) is 0 Å². The molecule has 0 saturated heterocycles. The van der Waals surface area contributed by atoms with Gasteiger partial charge in [-0.2, -0.15) is 5.10 Å². The molecule has 0 aliphatic heterocycles. The largest absolute Gasteiger partial charge is 0.240 e. The first-order valence-corrected chi connectivity index (χ1v) is 7.00. The van der Waals surface area contributed by atoms with Crippen molar-refractivity contribution >= 4 is 5.52 Å². The highest BCUT2D eigenvalue weighted by Crippen LogP contribution is 2.23. The number of benzene rings is 2. The smallest absolute Gasteiger partial charge is 0.0933 e. The molecule has 4 rings (SSSR count). The zero-order valence-electron chi connectivity index (χ0n) is 11.5. The molecule has 0 fully saturated rings. The molecule has 2 heteroatoms. The standard InChI is InChI=1S/C19H14N2/c1-3-7-15(8-4-1)17-11-12-18-13-19(20-21(18)14-17)16-9-5-2-6-10-16/h1-14H. The number of rotatable bonds is 2. The van der Waals surface area contributed by atoms with E-state index in [2.05, 4.69) is 65.9 Å². The summed E-state index contributed by atoms with van der Waals surface area (Å²) in [7, 11) is 0. The van der Waals surface area contributed by atoms with Crippen LogP contribution in [0, 0.1) is 0 Å². The molecular weight excluding hydrogens is 256 g/mol. The van der Waals surface area contributed by atoms with E-state index in [-0.39, 0.29) is 0 Å². The van der Waals surface area contributed by atoms with Gasteiger partial charge in [0.1, 0.15) is 0 Å². The minimum Gasteiger partial charge on any atom is -0.240 e. The second-order valence-corrected chi connectivity index (χ2v) is 5.05. The fourth-order valence-electron chi connectivity index (χ4n) is 2.54. The maximum absolute atomic E-state index is 4.69. The number of hydrogen-bond acceptors (Lipinski definition) is 1. The van der Waals surface area contributed by atoms with Crippen molar-refractivity contribution in [1.82, 2.24) is 9.61 Å². The second kappa shape index (κ2) is 4.91. The molecule has 4 aromatic rings. The van der Waals surface area contributed by atoms with E-state index in [1.54, 1.807) is 0 Å². The summed E-state index contributed by atoms with van der Waals surface area (Å²) >= 11 is 0. The van der Waals surface area contributed by atoms with Crippen LogP contribution in [0.4, 0.5) is 0 Å². The Hall–Kier alpha value is -2.87. The summed E-state index contributed by atoms with van der Waals surface area (Å²) in [6, 6.07) is 27.0. The average molecular weight is 270 g/mol. The SMILES string of the molecule is c1ccc(-c2ccc3cc(-c4ccccc4)nn3c2)cc1. The predicted octanol–water partition coefficient (Wildman–Crippen LogP) is 4.67. The van der Waals surface area contributed by atoms with Gasteiger partial charge < -0.3 is 0 Å². The Labute approximate surface area is 123 Å². The summed E-state index contributed by atoms with van der Waals surface area (Å²) in [6.07, 6.45) is 2.08. The van der Waals surface area contributed by atoms with Gasteiger partial charge in [0.05, 0.1) is 11.2 Å². The van der Waals surface area contributed by atoms with Gasteiger partial charge in [-0.1, -0.05) is 66.7 Å². The van der Waals surface area contributed by atoms with E-state index in [1.165, 1.54) is 11.1 Å². The zero-order chi connectivity index (χ0) is 14.1. The van der Waals surface area contributed by atoms with E-state index in [9.17, 15) is 0 Å². The lowest BCUT2D eigenvalue weighted by Gasteiger charge is -2.01. The van der Waals surface area contributed by atoms with Crippen LogP contribution in [0.15, 0.2) is 85.1 Å². The molecule has 0 bridgehead atoms. The number of hydrogen-bond donors (Lipinski definition) is 0. The van der Waals surface area contributed by atoms with Gasteiger partial charge in [-0.3, -0.25) is 0 Å². The molecule has 2 nitrogen and oxygen atoms in total. The molecule has 2 heterocycles. The summed E-state index contributed by atoms with van der Waals surface area (Å²) in [6.45, 7) is 0. The van der Waals surface area contributed by atoms with Crippen molar-refractivity contribution < 1.29 is 0 Å². The minimum atomic E-state index is 1.00. The average Bonchev–Trinajstić information content (AvgIpc) is 2.99. The van der Waals surface area contributed by atoms with Crippen LogP contribution < -0.4 is 0 Å². The Bertz CT molecular complexity index is 840. The number of fused-ring (bicyclic) bond motifs is 1. The quantitative estimate of drug-likeness (QED) is 0.517. The van der Waals surface area contributed by atoms with Crippen LogP contribution >= 0.6 is 0 Å². The van der Waals surface area contributed by atoms with Crippen molar-refractivity contribution in [2.45, 2.75) is 0 Å². The Morgan fingerprint density at radius 2 is 1.29 bits per heavy atom. The molecular formula is C19H14N2. The van der Waals surface area contributed by atoms with Gasteiger partial charge in [-0.15, -0.1) is 0 Å². The number of nitrogens with zero attached hydrogens (tertiary/aromatic N) is 2. The van der Waals surface area contributed by atoms with Crippen molar-refractivity contribution in [2.24, 2.45) is 0 Å². The molecule has 0 unspecified atom stereocenters. The van der Waals surface area contributed by atoms with Gasteiger partial charge in [0.15, 0.2) is 0 Å². The first kappa shape index (κ1) is 11.9. The lowest BCUT2D eigenvalue weighted by atomic mass is 10.1. The van der Waals surface area contributed by atoms with Crippen LogP contribution in [0.3, 0.4) is 0 Å². The molecule has 0 saturated carbocycles. The summed E-state index contributed by atoms with van der Waals surface area (Å²) in [4.78, 5) is 0. The van der Waals surface area contributed by atoms with Gasteiger partial charge in [-0.05, 0) is 17.7 Å². The molecule has 0 amide bonds. The maximum atomic E-state index is 4.69. The normalized spacial score (nSPS) is 10.9. The Morgan fingerprint density at radius 3 is 2.00 bits per heavy atom. The van der Waals surface area contributed by atoms with Gasteiger partial charge in [0, 0.05) is 17.3 Å². The second-order valence-electron chi connectivity index (χ2n) is 5.05. The van der Waals surface area contributed by atoms with E-state index in [4.69, 9.17) is 0 Å². The lowest BCUT2D eigenvalue weighted by Crippen LogP contribution is -1.88. The first-order valence-electron chi connectivity index (χ1n) is 7.00. The number of aromatic nitrogens is 2. The number of pyridine rings is 1. The van der Waals surface area contributed by atoms with E-state index >= 15 is 0 Å². The third-order valence-electron chi connectivity index (χ3n) is 3.64. The van der Waals surface area contributed by atoms with Crippen molar-refractivity contribution in [3.63, 3.8) is 0 Å². The predicted molar refractivity (Wildman–Crippen MR) is 86.1 cm³/mol. The summed E-state index contributed by atoms with van der Waals surface area (Å²) in [5.74, 6) is 0. The summed E-state index contributed by atoms with van der Waals surface area (Å²) in [5, 5.41) is 4.69. The van der Waals surface area contributed by atoms with Crippen LogP contribution in [0.2, 0.25) is 0 Å². The molecule has 0 atom stereocenters. The molecule has 100 valence electrons. The first-order chi connectivity index (χ1) is 10.4. The van der Waals surface area contributed by atoms with Crippen molar-refractivity contribution in [2.75, 3.05) is 0 Å². The van der Waals surface area contributed by atoms with Crippen LogP contribution in [0.1, 0.15) is 0 Å². The van der Waals surface area contributed by atoms with E-state index in [0.29, 0.717) is 0 Å². The van der Waals surface area contributed by atoms with Gasteiger partial charge in [0.2, 0.25) is 0 Å². The van der Waals surface area contributed by atoms with Crippen LogP contribution in [-0.4, -0.2) is 9.61 Å². The highest BCUT2D eigenvalue weighted by Gasteiger charge is 2.05. The summed E-state index contributed by atoms with van der Waals surface area (Å²) < 4.78 is 1.95. The van der Waals surface area contributed by atoms with Gasteiger partial charge in [-0.25, -0.2) is 4.52 Å². The summed E-state index contributed by atoms with van der Waals surface area (Å²) in [5.41, 5.74) is 5.62. The molecule has 0 spiro atoms. The fourth-order valence-corrected chi connectivity index (χ4v) is 2.54. The van der Waals surface area contributed by atoms with Crippen molar-refractivity contribution in [3.05, 3.63) is 85.1 Å². The van der Waals surface area contributed by atoms with E-state index in [1.807, 2.05) is 28.8 Å². The highest BCUT2D eigenvalue weighted by molar-refractivity contribution is 5.69. The maximum Gasteiger partial charge on any atom is 0.0933 e. The van der Waals surface area contributed by atoms with Crippen LogP contribution in [-0.2, 0) is 0 Å². The van der Waals surface area contributed by atoms with Gasteiger partial charge >= 0.3 is 0 Å². The minimum absolute atomic E-state index is 1.00. The molecule has 2 aromatic heterocycles. The van der Waals surface area contributed by atoms with Gasteiger partial charge in [0.25, 0.3) is 0 Å². The Balaban J connectivity index is 1.82. The molecule has 0 aliphatic rings. The monoisotopic (exact) mass is 270 g/mol. The van der Waals surface area contributed by atoms with Crippen LogP contribution in [0.5, 0.6) is 0 Å². The Morgan fingerprint density at radius 1 is 0.619 bits per heavy atom. The van der Waals surface area contributed by atoms with E-state index in [0.717, 1.165) is 16.8 Å². The molecule has 21 heavy (non-hydrogen) atoms.